The third kappa shape index (κ3) is 5.52. The van der Waals surface area contributed by atoms with E-state index in [0.29, 0.717) is 5.56 Å². The van der Waals surface area contributed by atoms with Crippen molar-refractivity contribution in [2.75, 3.05) is 25.0 Å². The lowest BCUT2D eigenvalue weighted by Crippen LogP contribution is -2.44. The van der Waals surface area contributed by atoms with Gasteiger partial charge in [0.2, 0.25) is 5.91 Å². The van der Waals surface area contributed by atoms with Gasteiger partial charge in [-0.05, 0) is 24.6 Å². The molecule has 1 fully saturated rings. The molecular weight excluding hydrogens is 443 g/mol. The van der Waals surface area contributed by atoms with Gasteiger partial charge >= 0.3 is 16.4 Å². The van der Waals surface area contributed by atoms with E-state index in [0.717, 1.165) is 22.7 Å². The summed E-state index contributed by atoms with van der Waals surface area (Å²) in [5.74, 6) is -1.40. The molecule has 1 aromatic heterocycles. The van der Waals surface area contributed by atoms with Gasteiger partial charge in [0.05, 0.1) is 5.56 Å². The van der Waals surface area contributed by atoms with Crippen LogP contribution in [-0.2, 0) is 21.2 Å². The number of carbonyl (C=O) groups excluding carboxylic acids is 2. The van der Waals surface area contributed by atoms with Crippen LogP contribution in [0.1, 0.15) is 28.0 Å². The summed E-state index contributed by atoms with van der Waals surface area (Å²) in [5.41, 5.74) is -0.775. The molecule has 0 radical (unpaired) electrons. The first-order valence-corrected chi connectivity index (χ1v) is 10.4. The number of benzene rings is 1. The van der Waals surface area contributed by atoms with Crippen LogP contribution in [0.4, 0.5) is 24.9 Å². The summed E-state index contributed by atoms with van der Waals surface area (Å²) in [7, 11) is -4.24. The summed E-state index contributed by atoms with van der Waals surface area (Å²) in [6, 6.07) is 2.74. The third-order valence-electron chi connectivity index (χ3n) is 4.38. The number of oxazole rings is 1. The number of hydrogen-bond donors (Lipinski definition) is 3. The van der Waals surface area contributed by atoms with Crippen molar-refractivity contribution in [2.24, 2.45) is 0 Å². The van der Waals surface area contributed by atoms with Crippen LogP contribution in [0.15, 0.2) is 28.9 Å². The first-order valence-electron chi connectivity index (χ1n) is 8.95. The Bertz CT molecular complexity index is 1100. The smallest absolute Gasteiger partial charge is 0.416 e. The molecule has 1 saturated heterocycles. The predicted octanol–water partition coefficient (Wildman–Crippen LogP) is 1.54. The highest BCUT2D eigenvalue weighted by Crippen LogP contribution is 2.32. The zero-order valence-corrected chi connectivity index (χ0v) is 16.9. The van der Waals surface area contributed by atoms with Crippen LogP contribution in [0.2, 0.25) is 0 Å². The molecule has 31 heavy (non-hydrogen) atoms. The minimum Gasteiger partial charge on any atom is -0.431 e. The highest BCUT2D eigenvalue weighted by atomic mass is 32.2. The maximum atomic E-state index is 12.9. The number of aryl methyl sites for hydroxylation is 1. The molecule has 0 aliphatic carbocycles. The number of hydrogen-bond acceptors (Lipinski definition) is 7. The first-order chi connectivity index (χ1) is 14.5. The van der Waals surface area contributed by atoms with Crippen LogP contribution in [0.25, 0.3) is 0 Å². The second kappa shape index (κ2) is 8.55. The van der Waals surface area contributed by atoms with E-state index in [1.807, 2.05) is 4.72 Å². The molecule has 0 unspecified atom stereocenters. The Morgan fingerprint density at radius 3 is 2.74 bits per heavy atom. The van der Waals surface area contributed by atoms with Crippen LogP contribution in [0.5, 0.6) is 0 Å². The lowest BCUT2D eigenvalue weighted by Gasteiger charge is -2.18. The molecule has 0 atom stereocenters. The molecule has 2 heterocycles. The Balaban J connectivity index is 1.71. The number of rotatable bonds is 5. The van der Waals surface area contributed by atoms with Crippen LogP contribution >= 0.6 is 0 Å². The lowest BCUT2D eigenvalue weighted by molar-refractivity contribution is -0.137. The van der Waals surface area contributed by atoms with Crippen molar-refractivity contribution in [3.05, 3.63) is 41.3 Å². The topological polar surface area (TPSA) is 134 Å². The summed E-state index contributed by atoms with van der Waals surface area (Å²) in [5, 5.41) is 5.05. The second-order valence-corrected chi connectivity index (χ2v) is 8.30. The molecule has 1 aromatic carbocycles. The number of nitrogens with zero attached hydrogens (tertiary/aromatic N) is 2. The first kappa shape index (κ1) is 22.6. The fraction of sp³-hybridized carbons (Fsp3) is 0.353. The fourth-order valence-corrected chi connectivity index (χ4v) is 3.84. The van der Waals surface area contributed by atoms with Crippen molar-refractivity contribution < 1.29 is 35.6 Å². The Labute approximate surface area is 175 Å². The minimum absolute atomic E-state index is 0.0191. The summed E-state index contributed by atoms with van der Waals surface area (Å²) >= 11 is 0. The average Bonchev–Trinajstić information content (AvgIpc) is 3.02. The van der Waals surface area contributed by atoms with E-state index in [4.69, 9.17) is 4.42 Å². The predicted molar refractivity (Wildman–Crippen MR) is 102 cm³/mol. The molecule has 168 valence electrons. The number of halogens is 3. The molecular formula is C17H18F3N5O5S. The summed E-state index contributed by atoms with van der Waals surface area (Å²) < 4.78 is 71.3. The van der Waals surface area contributed by atoms with Gasteiger partial charge in [0.15, 0.2) is 5.69 Å². The Hall–Kier alpha value is -3.13. The highest BCUT2D eigenvalue weighted by molar-refractivity contribution is 7.87. The van der Waals surface area contributed by atoms with E-state index >= 15 is 0 Å². The van der Waals surface area contributed by atoms with Crippen molar-refractivity contribution in [3.63, 3.8) is 0 Å². The van der Waals surface area contributed by atoms with Crippen LogP contribution in [-0.4, -0.2) is 49.2 Å². The van der Waals surface area contributed by atoms with E-state index < -0.39 is 33.6 Å². The minimum atomic E-state index is -4.55. The van der Waals surface area contributed by atoms with E-state index in [2.05, 4.69) is 15.6 Å². The third-order valence-corrected chi connectivity index (χ3v) is 5.86. The van der Waals surface area contributed by atoms with Crippen LogP contribution < -0.4 is 15.4 Å². The molecule has 10 nitrogen and oxygen atoms in total. The van der Waals surface area contributed by atoms with Crippen molar-refractivity contribution in [1.82, 2.24) is 19.3 Å². The molecule has 1 aliphatic heterocycles. The summed E-state index contributed by atoms with van der Waals surface area (Å²) in [6.45, 7) is 1.54. The van der Waals surface area contributed by atoms with Gasteiger partial charge < -0.3 is 15.1 Å². The zero-order chi connectivity index (χ0) is 22.8. The summed E-state index contributed by atoms with van der Waals surface area (Å²) in [6.07, 6.45) is -3.74. The molecule has 2 amide bonds. The quantitative estimate of drug-likeness (QED) is 0.615. The maximum Gasteiger partial charge on any atom is 0.416 e. The van der Waals surface area contributed by atoms with Gasteiger partial charge in [-0.3, -0.25) is 9.59 Å². The van der Waals surface area contributed by atoms with Crippen LogP contribution in [0.3, 0.4) is 0 Å². The van der Waals surface area contributed by atoms with Gasteiger partial charge in [0.1, 0.15) is 6.26 Å². The highest BCUT2D eigenvalue weighted by Gasteiger charge is 2.31. The molecule has 14 heteroatoms. The Morgan fingerprint density at radius 1 is 1.29 bits per heavy atom. The van der Waals surface area contributed by atoms with Crippen molar-refractivity contribution in [2.45, 2.75) is 19.5 Å². The number of carbonyl (C=O) groups is 2. The average molecular weight is 461 g/mol. The SMILES string of the molecule is Cc1ccc(C(F)(F)F)cc1Nc1nc(C(=O)NS(=O)(=O)N2CCNC(=O)CC2)co1. The largest absolute Gasteiger partial charge is 0.431 e. The van der Waals surface area contributed by atoms with Gasteiger partial charge in [0, 0.05) is 31.7 Å². The number of anilines is 2. The Kier molecular flexibility index (Phi) is 6.22. The summed E-state index contributed by atoms with van der Waals surface area (Å²) in [4.78, 5) is 27.4. The standard InChI is InChI=1S/C17H18F3N5O5S/c1-10-2-3-11(17(18,19)20)8-12(10)22-16-23-13(9-30-16)15(27)24-31(28,29)25-6-4-14(26)21-5-7-25/h2-3,8-9H,4-7H2,1H3,(H,21,26)(H,22,23)(H,24,27). The number of aromatic nitrogens is 1. The monoisotopic (exact) mass is 461 g/mol. The maximum absolute atomic E-state index is 12.9. The van der Waals surface area contributed by atoms with Gasteiger partial charge in [-0.1, -0.05) is 6.07 Å². The molecule has 0 bridgehead atoms. The van der Waals surface area contributed by atoms with E-state index in [1.54, 1.807) is 6.92 Å². The van der Waals surface area contributed by atoms with E-state index in [1.165, 1.54) is 6.07 Å². The van der Waals surface area contributed by atoms with Crippen LogP contribution in [0, 0.1) is 6.92 Å². The van der Waals surface area contributed by atoms with E-state index in [-0.39, 0.29) is 43.7 Å². The Morgan fingerprint density at radius 2 is 2.03 bits per heavy atom. The van der Waals surface area contributed by atoms with Gasteiger partial charge in [-0.2, -0.15) is 30.9 Å². The number of nitrogens with one attached hydrogen (secondary N) is 3. The fourth-order valence-electron chi connectivity index (χ4n) is 2.70. The van der Waals surface area contributed by atoms with Gasteiger partial charge in [-0.25, -0.2) is 4.72 Å². The molecule has 3 N–H and O–H groups in total. The molecule has 0 saturated carbocycles. The van der Waals surface area contributed by atoms with Gasteiger partial charge in [0.25, 0.3) is 11.9 Å². The number of alkyl halides is 3. The van der Waals surface area contributed by atoms with Crippen molar-refractivity contribution in [1.29, 1.82) is 0 Å². The van der Waals surface area contributed by atoms with Crippen molar-refractivity contribution in [3.8, 4) is 0 Å². The zero-order valence-electron chi connectivity index (χ0n) is 16.1. The number of amides is 2. The van der Waals surface area contributed by atoms with Gasteiger partial charge in [-0.15, -0.1) is 0 Å². The van der Waals surface area contributed by atoms with Crippen molar-refractivity contribution >= 4 is 33.7 Å². The molecule has 0 spiro atoms. The lowest BCUT2D eigenvalue weighted by atomic mass is 10.1. The molecule has 3 rings (SSSR count). The van der Waals surface area contributed by atoms with E-state index in [9.17, 15) is 31.2 Å². The molecule has 2 aromatic rings. The molecule has 1 aliphatic rings. The normalized spacial score (nSPS) is 15.8. The second-order valence-electron chi connectivity index (χ2n) is 6.63.